The number of hydrogen-bond donors (Lipinski definition) is 2. The van der Waals surface area contributed by atoms with Gasteiger partial charge in [0.25, 0.3) is 0 Å². The summed E-state index contributed by atoms with van der Waals surface area (Å²) in [5, 5.41) is 16.2. The molecule has 0 unspecified atom stereocenters. The third kappa shape index (κ3) is 4.38. The summed E-state index contributed by atoms with van der Waals surface area (Å²) in [5.74, 6) is -1.72. The number of nitrogens with one attached hydrogen (secondary N) is 2. The smallest absolute Gasteiger partial charge is 0.329 e. The first-order valence-electron chi connectivity index (χ1n) is 8.96. The molecule has 144 valence electrons. The van der Waals surface area contributed by atoms with Crippen LogP contribution in [0.15, 0.2) is 29.4 Å². The number of rotatable bonds is 4. The predicted octanol–water partition coefficient (Wildman–Crippen LogP) is 2.65. The first-order valence-corrected chi connectivity index (χ1v) is 9.77. The van der Waals surface area contributed by atoms with Gasteiger partial charge in [-0.1, -0.05) is 12.1 Å². The van der Waals surface area contributed by atoms with Crippen molar-refractivity contribution in [2.24, 2.45) is 5.10 Å². The van der Waals surface area contributed by atoms with Crippen LogP contribution in [0.2, 0.25) is 0 Å². The van der Waals surface area contributed by atoms with Gasteiger partial charge in [-0.05, 0) is 48.9 Å². The number of carbonyl (C=O) groups is 2. The van der Waals surface area contributed by atoms with Gasteiger partial charge in [-0.25, -0.2) is 5.43 Å². The lowest BCUT2D eigenvalue weighted by Crippen LogP contribution is -2.32. The number of hydrazone groups is 1. The van der Waals surface area contributed by atoms with E-state index in [0.717, 1.165) is 47.4 Å². The van der Waals surface area contributed by atoms with Gasteiger partial charge in [0.2, 0.25) is 0 Å². The molecule has 3 rings (SSSR count). The maximum absolute atomic E-state index is 12.2. The van der Waals surface area contributed by atoms with E-state index in [1.165, 1.54) is 17.6 Å². The predicted molar refractivity (Wildman–Crippen MR) is 111 cm³/mol. The zero-order valence-corrected chi connectivity index (χ0v) is 16.6. The molecule has 0 saturated heterocycles. The zero-order valence-electron chi connectivity index (χ0n) is 15.8. The minimum absolute atomic E-state index is 0.442. The minimum Gasteiger partial charge on any atom is -0.378 e. The van der Waals surface area contributed by atoms with Crippen molar-refractivity contribution < 1.29 is 9.59 Å². The van der Waals surface area contributed by atoms with Crippen LogP contribution in [0.4, 0.5) is 10.7 Å². The Morgan fingerprint density at radius 3 is 2.57 bits per heavy atom. The van der Waals surface area contributed by atoms with Gasteiger partial charge in [0.05, 0.1) is 11.8 Å². The minimum atomic E-state index is -0.878. The van der Waals surface area contributed by atoms with Crippen LogP contribution in [0.25, 0.3) is 0 Å². The monoisotopic (exact) mass is 395 g/mol. The lowest BCUT2D eigenvalue weighted by atomic mass is 9.96. The number of fused-ring (bicyclic) bond motifs is 1. The van der Waals surface area contributed by atoms with E-state index < -0.39 is 11.8 Å². The Hall–Kier alpha value is -3.18. The van der Waals surface area contributed by atoms with Gasteiger partial charge in [0, 0.05) is 24.7 Å². The van der Waals surface area contributed by atoms with Crippen molar-refractivity contribution >= 4 is 40.1 Å². The third-order valence-electron chi connectivity index (χ3n) is 4.51. The van der Waals surface area contributed by atoms with Gasteiger partial charge in [-0.2, -0.15) is 10.4 Å². The fraction of sp³-hybridized carbons (Fsp3) is 0.300. The lowest BCUT2D eigenvalue weighted by Gasteiger charge is -2.11. The van der Waals surface area contributed by atoms with Crippen molar-refractivity contribution in [1.29, 1.82) is 5.26 Å². The average Bonchev–Trinajstić information content (AvgIpc) is 3.05. The molecule has 2 N–H and O–H groups in total. The van der Waals surface area contributed by atoms with E-state index in [9.17, 15) is 14.9 Å². The molecule has 0 spiro atoms. The fourth-order valence-corrected chi connectivity index (χ4v) is 4.24. The summed E-state index contributed by atoms with van der Waals surface area (Å²) < 4.78 is 0. The number of amides is 2. The van der Waals surface area contributed by atoms with Crippen LogP contribution < -0.4 is 15.6 Å². The zero-order chi connectivity index (χ0) is 20.1. The van der Waals surface area contributed by atoms with Gasteiger partial charge in [0.15, 0.2) is 0 Å². The molecule has 1 aliphatic rings. The fourth-order valence-electron chi connectivity index (χ4n) is 3.01. The van der Waals surface area contributed by atoms with Crippen LogP contribution in [0.3, 0.4) is 0 Å². The maximum atomic E-state index is 12.2. The average molecular weight is 395 g/mol. The summed E-state index contributed by atoms with van der Waals surface area (Å²) in [6.07, 6.45) is 5.34. The second kappa shape index (κ2) is 8.67. The summed E-state index contributed by atoms with van der Waals surface area (Å²) in [5.41, 5.74) is 5.55. The second-order valence-electron chi connectivity index (χ2n) is 6.67. The van der Waals surface area contributed by atoms with E-state index in [1.54, 1.807) is 0 Å². The van der Waals surface area contributed by atoms with Gasteiger partial charge in [0.1, 0.15) is 11.1 Å². The number of benzene rings is 1. The van der Waals surface area contributed by atoms with E-state index in [0.29, 0.717) is 10.6 Å². The summed E-state index contributed by atoms with van der Waals surface area (Å²) in [6, 6.07) is 9.74. The summed E-state index contributed by atoms with van der Waals surface area (Å²) in [6.45, 7) is 0. The van der Waals surface area contributed by atoms with Crippen LogP contribution in [0.1, 0.15) is 34.4 Å². The Bertz CT molecular complexity index is 954. The molecule has 8 heteroatoms. The van der Waals surface area contributed by atoms with E-state index in [-0.39, 0.29) is 0 Å². The van der Waals surface area contributed by atoms with Crippen molar-refractivity contribution in [3.8, 4) is 6.07 Å². The standard InChI is InChI=1S/C20H21N5O2S/c1-25(2)14-9-7-13(8-10-14)12-22-24-19(27)18(26)23-20-16(11-21)15-5-3-4-6-17(15)28-20/h7-10,12H,3-6H2,1-2H3,(H,23,26)(H,24,27)/b22-12+. The van der Waals surface area contributed by atoms with Crippen molar-refractivity contribution in [2.45, 2.75) is 25.7 Å². The Morgan fingerprint density at radius 1 is 1.18 bits per heavy atom. The number of hydrogen-bond acceptors (Lipinski definition) is 6. The summed E-state index contributed by atoms with van der Waals surface area (Å²) in [7, 11) is 3.90. The highest BCUT2D eigenvalue weighted by atomic mass is 32.1. The van der Waals surface area contributed by atoms with Crippen LogP contribution in [0.5, 0.6) is 0 Å². The highest BCUT2D eigenvalue weighted by Gasteiger charge is 2.23. The number of nitrogens with zero attached hydrogens (tertiary/aromatic N) is 3. The highest BCUT2D eigenvalue weighted by molar-refractivity contribution is 7.16. The molecule has 2 aromatic rings. The van der Waals surface area contributed by atoms with Crippen molar-refractivity contribution in [3.05, 3.63) is 45.8 Å². The van der Waals surface area contributed by atoms with E-state index in [1.807, 2.05) is 43.3 Å². The number of nitriles is 1. The molecule has 1 heterocycles. The molecule has 1 aromatic carbocycles. The SMILES string of the molecule is CN(C)c1ccc(/C=N/NC(=O)C(=O)Nc2sc3c(c2C#N)CCCC3)cc1. The van der Waals surface area contributed by atoms with Crippen molar-refractivity contribution in [2.75, 3.05) is 24.3 Å². The first kappa shape index (κ1) is 19.6. The molecule has 1 aromatic heterocycles. The van der Waals surface area contributed by atoms with Crippen molar-refractivity contribution in [1.82, 2.24) is 5.43 Å². The Morgan fingerprint density at radius 2 is 1.89 bits per heavy atom. The van der Waals surface area contributed by atoms with Gasteiger partial charge in [-0.15, -0.1) is 11.3 Å². The van der Waals surface area contributed by atoms with E-state index in [4.69, 9.17) is 0 Å². The quantitative estimate of drug-likeness (QED) is 0.472. The molecule has 0 atom stereocenters. The van der Waals surface area contributed by atoms with E-state index >= 15 is 0 Å². The number of thiophene rings is 1. The number of aryl methyl sites for hydroxylation is 1. The number of carbonyl (C=O) groups excluding carboxylic acids is 2. The number of anilines is 2. The molecule has 0 fully saturated rings. The molecule has 0 aliphatic heterocycles. The first-order chi connectivity index (χ1) is 13.5. The van der Waals surface area contributed by atoms with Crippen LogP contribution in [-0.2, 0) is 22.4 Å². The molecule has 7 nitrogen and oxygen atoms in total. The molecular weight excluding hydrogens is 374 g/mol. The van der Waals surface area contributed by atoms with E-state index in [2.05, 4.69) is 21.9 Å². The van der Waals surface area contributed by atoms with Crippen LogP contribution >= 0.6 is 11.3 Å². The Balaban J connectivity index is 1.60. The van der Waals surface area contributed by atoms with Crippen LogP contribution in [0, 0.1) is 11.3 Å². The van der Waals surface area contributed by atoms with Crippen molar-refractivity contribution in [3.63, 3.8) is 0 Å². The second-order valence-corrected chi connectivity index (χ2v) is 7.77. The molecular formula is C20H21N5O2S. The van der Waals surface area contributed by atoms with Gasteiger partial charge < -0.3 is 10.2 Å². The molecule has 0 radical (unpaired) electrons. The van der Waals surface area contributed by atoms with Crippen LogP contribution in [-0.4, -0.2) is 32.1 Å². The maximum Gasteiger partial charge on any atom is 0.329 e. The Labute approximate surface area is 167 Å². The van der Waals surface area contributed by atoms with Gasteiger partial charge in [-0.3, -0.25) is 9.59 Å². The molecule has 0 bridgehead atoms. The lowest BCUT2D eigenvalue weighted by molar-refractivity contribution is -0.136. The molecule has 0 saturated carbocycles. The Kier molecular flexibility index (Phi) is 6.06. The topological polar surface area (TPSA) is 97.6 Å². The largest absolute Gasteiger partial charge is 0.378 e. The van der Waals surface area contributed by atoms with Gasteiger partial charge >= 0.3 is 11.8 Å². The normalized spacial score (nSPS) is 12.9. The molecule has 2 amide bonds. The summed E-state index contributed by atoms with van der Waals surface area (Å²) in [4.78, 5) is 27.3. The third-order valence-corrected chi connectivity index (χ3v) is 5.71. The molecule has 1 aliphatic carbocycles. The summed E-state index contributed by atoms with van der Waals surface area (Å²) >= 11 is 1.38. The molecule has 28 heavy (non-hydrogen) atoms. The highest BCUT2D eigenvalue weighted by Crippen LogP contribution is 2.37.